The van der Waals surface area contributed by atoms with E-state index in [0.717, 1.165) is 0 Å². The Morgan fingerprint density at radius 3 is 2.60 bits per heavy atom. The van der Waals surface area contributed by atoms with E-state index in [1.807, 2.05) is 0 Å². The average Bonchev–Trinajstić information content (AvgIpc) is 2.43. The van der Waals surface area contributed by atoms with Crippen molar-refractivity contribution in [3.05, 3.63) is 40.3 Å². The Bertz CT molecular complexity index is 740. The highest BCUT2D eigenvalue weighted by molar-refractivity contribution is 5.97. The van der Waals surface area contributed by atoms with E-state index in [1.165, 1.54) is 33.3 Å². The zero-order valence-corrected chi connectivity index (χ0v) is 11.4. The summed E-state index contributed by atoms with van der Waals surface area (Å²) >= 11 is 0. The molecule has 20 heavy (non-hydrogen) atoms. The molecule has 0 atom stereocenters. The maximum absolute atomic E-state index is 11.4. The van der Waals surface area contributed by atoms with Gasteiger partial charge in [-0.05, 0) is 30.7 Å². The largest absolute Gasteiger partial charge is 0.493 e. The first-order chi connectivity index (χ1) is 9.56. The average molecular weight is 274 g/mol. The summed E-state index contributed by atoms with van der Waals surface area (Å²) in [7, 11) is 2.96. The van der Waals surface area contributed by atoms with Crippen LogP contribution in [0.25, 0.3) is 17.0 Å². The van der Waals surface area contributed by atoms with E-state index in [4.69, 9.17) is 13.9 Å². The summed E-state index contributed by atoms with van der Waals surface area (Å²) < 4.78 is 15.7. The maximum Gasteiger partial charge on any atom is 0.336 e. The first-order valence-electron chi connectivity index (χ1n) is 5.94. The number of carbonyl (C=O) groups is 1. The van der Waals surface area contributed by atoms with Gasteiger partial charge in [0.2, 0.25) is 5.75 Å². The lowest BCUT2D eigenvalue weighted by atomic mass is 10.1. The van der Waals surface area contributed by atoms with Crippen molar-refractivity contribution in [3.63, 3.8) is 0 Å². The van der Waals surface area contributed by atoms with Gasteiger partial charge in [0.1, 0.15) is 0 Å². The first-order valence-corrected chi connectivity index (χ1v) is 5.94. The molecular formula is C15H14O5. The molecule has 0 N–H and O–H groups in total. The number of ether oxygens (including phenoxy) is 2. The van der Waals surface area contributed by atoms with Crippen LogP contribution in [-0.4, -0.2) is 20.0 Å². The molecular weight excluding hydrogens is 260 g/mol. The normalized spacial score (nSPS) is 10.9. The van der Waals surface area contributed by atoms with Gasteiger partial charge >= 0.3 is 5.63 Å². The summed E-state index contributed by atoms with van der Waals surface area (Å²) in [5.41, 5.74) is 0.518. The highest BCUT2D eigenvalue weighted by Crippen LogP contribution is 2.37. The third kappa shape index (κ3) is 2.56. The third-order valence-corrected chi connectivity index (χ3v) is 2.78. The van der Waals surface area contributed by atoms with Crippen LogP contribution < -0.4 is 15.1 Å². The molecule has 104 valence electrons. The Labute approximate surface area is 115 Å². The van der Waals surface area contributed by atoms with Crippen LogP contribution in [0.3, 0.4) is 0 Å². The van der Waals surface area contributed by atoms with Crippen LogP contribution in [-0.2, 0) is 4.79 Å². The molecule has 1 heterocycles. The van der Waals surface area contributed by atoms with Crippen LogP contribution in [0.2, 0.25) is 0 Å². The fraction of sp³-hybridized carbons (Fsp3) is 0.200. The quantitative estimate of drug-likeness (QED) is 0.632. The molecule has 2 rings (SSSR count). The lowest BCUT2D eigenvalue weighted by molar-refractivity contribution is -0.112. The Balaban J connectivity index is 2.82. The number of rotatable bonds is 4. The number of benzene rings is 1. The van der Waals surface area contributed by atoms with Crippen LogP contribution in [0, 0.1) is 0 Å². The van der Waals surface area contributed by atoms with Gasteiger partial charge in [-0.15, -0.1) is 0 Å². The fourth-order valence-corrected chi connectivity index (χ4v) is 1.90. The van der Waals surface area contributed by atoms with Crippen molar-refractivity contribution in [2.45, 2.75) is 6.92 Å². The van der Waals surface area contributed by atoms with Gasteiger partial charge in [0.25, 0.3) is 0 Å². The van der Waals surface area contributed by atoms with Crippen molar-refractivity contribution in [2.24, 2.45) is 0 Å². The first kappa shape index (κ1) is 13.9. The van der Waals surface area contributed by atoms with Crippen molar-refractivity contribution in [2.75, 3.05) is 14.2 Å². The van der Waals surface area contributed by atoms with Crippen molar-refractivity contribution in [3.8, 4) is 11.5 Å². The molecule has 0 fully saturated rings. The SMILES string of the molecule is COc1cc(/C=C/C(C)=O)c2ccc(=O)oc2c1OC. The predicted molar refractivity (Wildman–Crippen MR) is 75.3 cm³/mol. The van der Waals surface area contributed by atoms with Crippen LogP contribution in [0.15, 0.2) is 33.5 Å². The van der Waals surface area contributed by atoms with Crippen molar-refractivity contribution in [1.82, 2.24) is 0 Å². The fourth-order valence-electron chi connectivity index (χ4n) is 1.90. The summed E-state index contributed by atoms with van der Waals surface area (Å²) in [6.45, 7) is 1.46. The van der Waals surface area contributed by atoms with E-state index in [2.05, 4.69) is 0 Å². The topological polar surface area (TPSA) is 65.7 Å². The number of hydrogen-bond donors (Lipinski definition) is 0. The van der Waals surface area contributed by atoms with Gasteiger partial charge in [-0.2, -0.15) is 0 Å². The molecule has 0 unspecified atom stereocenters. The molecule has 0 amide bonds. The summed E-state index contributed by atoms with van der Waals surface area (Å²) in [4.78, 5) is 22.5. The Morgan fingerprint density at radius 1 is 1.25 bits per heavy atom. The summed E-state index contributed by atoms with van der Waals surface area (Å²) in [6.07, 6.45) is 3.08. The molecule has 0 saturated heterocycles. The standard InChI is InChI=1S/C15H14O5/c1-9(16)4-5-10-8-12(18-2)15(19-3)14-11(10)6-7-13(17)20-14/h4-8H,1-3H3/b5-4+. The Kier molecular flexibility index (Phi) is 3.89. The van der Waals surface area contributed by atoms with Gasteiger partial charge < -0.3 is 13.9 Å². The van der Waals surface area contributed by atoms with Gasteiger partial charge in [0.05, 0.1) is 14.2 Å². The number of methoxy groups -OCH3 is 2. The maximum atomic E-state index is 11.4. The van der Waals surface area contributed by atoms with Gasteiger partial charge in [0, 0.05) is 11.5 Å². The zero-order chi connectivity index (χ0) is 14.7. The molecule has 0 aliphatic heterocycles. The third-order valence-electron chi connectivity index (χ3n) is 2.78. The zero-order valence-electron chi connectivity index (χ0n) is 11.4. The van der Waals surface area contributed by atoms with E-state index in [0.29, 0.717) is 28.0 Å². The molecule has 5 nitrogen and oxygen atoms in total. The van der Waals surface area contributed by atoms with Gasteiger partial charge in [-0.1, -0.05) is 6.08 Å². The van der Waals surface area contributed by atoms with Crippen LogP contribution >= 0.6 is 0 Å². The smallest absolute Gasteiger partial charge is 0.336 e. The van der Waals surface area contributed by atoms with Crippen LogP contribution in [0.4, 0.5) is 0 Å². The lowest BCUT2D eigenvalue weighted by Crippen LogP contribution is -1.99. The molecule has 0 radical (unpaired) electrons. The Morgan fingerprint density at radius 2 is 2.00 bits per heavy atom. The second-order valence-electron chi connectivity index (χ2n) is 4.14. The number of carbonyl (C=O) groups excluding carboxylic acids is 1. The summed E-state index contributed by atoms with van der Waals surface area (Å²) in [5, 5.41) is 0.666. The van der Waals surface area contributed by atoms with E-state index >= 15 is 0 Å². The summed E-state index contributed by atoms with van der Waals surface area (Å²) in [6, 6.07) is 4.67. The molecule has 2 aromatic rings. The van der Waals surface area contributed by atoms with Crippen LogP contribution in [0.1, 0.15) is 12.5 Å². The van der Waals surface area contributed by atoms with E-state index < -0.39 is 5.63 Å². The number of fused-ring (bicyclic) bond motifs is 1. The number of allylic oxidation sites excluding steroid dienone is 1. The van der Waals surface area contributed by atoms with Crippen molar-refractivity contribution >= 4 is 22.8 Å². The van der Waals surface area contributed by atoms with Gasteiger partial charge in [-0.25, -0.2) is 4.79 Å². The second kappa shape index (κ2) is 5.61. The molecule has 0 aliphatic rings. The minimum absolute atomic E-state index is 0.0784. The lowest BCUT2D eigenvalue weighted by Gasteiger charge is -2.11. The molecule has 5 heteroatoms. The molecule has 0 saturated carbocycles. The molecule has 0 aliphatic carbocycles. The number of hydrogen-bond acceptors (Lipinski definition) is 5. The predicted octanol–water partition coefficient (Wildman–Crippen LogP) is 2.41. The highest BCUT2D eigenvalue weighted by atomic mass is 16.5. The molecule has 0 bridgehead atoms. The highest BCUT2D eigenvalue weighted by Gasteiger charge is 2.15. The van der Waals surface area contributed by atoms with Crippen LogP contribution in [0.5, 0.6) is 11.5 Å². The van der Waals surface area contributed by atoms with Crippen molar-refractivity contribution < 1.29 is 18.7 Å². The molecule has 1 aromatic carbocycles. The minimum atomic E-state index is -0.481. The van der Waals surface area contributed by atoms with E-state index in [1.54, 1.807) is 18.2 Å². The molecule has 0 spiro atoms. The van der Waals surface area contributed by atoms with Gasteiger partial charge in [-0.3, -0.25) is 4.79 Å². The minimum Gasteiger partial charge on any atom is -0.493 e. The van der Waals surface area contributed by atoms with Crippen molar-refractivity contribution in [1.29, 1.82) is 0 Å². The Hall–Kier alpha value is -2.56. The number of ketones is 1. The van der Waals surface area contributed by atoms with E-state index in [9.17, 15) is 9.59 Å². The summed E-state index contributed by atoms with van der Waals surface area (Å²) in [5.74, 6) is 0.697. The monoisotopic (exact) mass is 274 g/mol. The molecule has 1 aromatic heterocycles. The second-order valence-corrected chi connectivity index (χ2v) is 4.14. The van der Waals surface area contributed by atoms with E-state index in [-0.39, 0.29) is 5.78 Å². The van der Waals surface area contributed by atoms with Gasteiger partial charge in [0.15, 0.2) is 17.1 Å².